The Kier molecular flexibility index (Phi) is 5.22. The smallest absolute Gasteiger partial charge is 0.174 e. The highest BCUT2D eigenvalue weighted by molar-refractivity contribution is 6.03. The molecule has 0 fully saturated rings. The van der Waals surface area contributed by atoms with E-state index in [1.807, 2.05) is 93.6 Å². The van der Waals surface area contributed by atoms with Gasteiger partial charge in [-0.05, 0) is 29.5 Å². The van der Waals surface area contributed by atoms with Gasteiger partial charge in [-0.25, -0.2) is 0 Å². The summed E-state index contributed by atoms with van der Waals surface area (Å²) in [5.41, 5.74) is 4.03. The second kappa shape index (κ2) is 7.57. The van der Waals surface area contributed by atoms with E-state index in [1.165, 1.54) is 0 Å². The number of carbonyl (C=O) groups is 1. The van der Waals surface area contributed by atoms with Gasteiger partial charge < -0.3 is 5.11 Å². The highest BCUT2D eigenvalue weighted by Crippen LogP contribution is 2.40. The van der Waals surface area contributed by atoms with Crippen LogP contribution < -0.4 is 0 Å². The molecule has 0 spiro atoms. The summed E-state index contributed by atoms with van der Waals surface area (Å²) in [6.45, 7) is 6.04. The van der Waals surface area contributed by atoms with Crippen molar-refractivity contribution in [3.8, 4) is 5.75 Å². The minimum absolute atomic E-state index is 0.00361. The standard InChI is InChI=1S/C24H24O2/c1-16(2)20-15-14-17(3)21(24(20)26)22(18-10-6-4-7-11-18)23(25)19-12-8-5-9-13-19/h4-16,22,26H,1-3H3. The van der Waals surface area contributed by atoms with Gasteiger partial charge in [-0.3, -0.25) is 4.79 Å². The quantitative estimate of drug-likeness (QED) is 0.590. The summed E-state index contributed by atoms with van der Waals surface area (Å²) in [4.78, 5) is 13.4. The third-order valence-electron chi connectivity index (χ3n) is 4.83. The second-order valence-electron chi connectivity index (χ2n) is 6.96. The number of aryl methyl sites for hydroxylation is 1. The Morgan fingerprint density at radius 3 is 2.00 bits per heavy atom. The molecule has 26 heavy (non-hydrogen) atoms. The average Bonchev–Trinajstić information content (AvgIpc) is 2.65. The van der Waals surface area contributed by atoms with Crippen molar-refractivity contribution in [3.63, 3.8) is 0 Å². The lowest BCUT2D eigenvalue weighted by molar-refractivity contribution is 0.0972. The predicted octanol–water partition coefficient (Wildman–Crippen LogP) is 5.84. The highest BCUT2D eigenvalue weighted by atomic mass is 16.3. The van der Waals surface area contributed by atoms with E-state index in [0.29, 0.717) is 11.1 Å². The van der Waals surface area contributed by atoms with Crippen LogP contribution >= 0.6 is 0 Å². The van der Waals surface area contributed by atoms with Gasteiger partial charge in [-0.1, -0.05) is 86.6 Å². The Hall–Kier alpha value is -2.87. The number of phenolic OH excluding ortho intramolecular Hbond substituents is 1. The molecule has 0 heterocycles. The first-order valence-corrected chi connectivity index (χ1v) is 8.97. The lowest BCUT2D eigenvalue weighted by Crippen LogP contribution is -2.16. The number of rotatable bonds is 5. The summed E-state index contributed by atoms with van der Waals surface area (Å²) in [6.07, 6.45) is 0. The highest BCUT2D eigenvalue weighted by Gasteiger charge is 2.29. The Morgan fingerprint density at radius 2 is 1.42 bits per heavy atom. The van der Waals surface area contributed by atoms with Crippen LogP contribution in [0.4, 0.5) is 0 Å². The Bertz CT molecular complexity index is 896. The van der Waals surface area contributed by atoms with E-state index in [1.54, 1.807) is 0 Å². The van der Waals surface area contributed by atoms with Crippen molar-refractivity contribution in [2.75, 3.05) is 0 Å². The van der Waals surface area contributed by atoms with Crippen LogP contribution in [0.2, 0.25) is 0 Å². The molecule has 3 aromatic carbocycles. The molecule has 0 aliphatic rings. The van der Waals surface area contributed by atoms with E-state index in [0.717, 1.165) is 16.7 Å². The van der Waals surface area contributed by atoms with E-state index in [2.05, 4.69) is 0 Å². The summed E-state index contributed by atoms with van der Waals surface area (Å²) < 4.78 is 0. The molecule has 0 aliphatic heterocycles. The van der Waals surface area contributed by atoms with E-state index in [4.69, 9.17) is 0 Å². The fourth-order valence-corrected chi connectivity index (χ4v) is 3.42. The number of aromatic hydroxyl groups is 1. The first kappa shape index (κ1) is 17.9. The normalized spacial score (nSPS) is 12.2. The fourth-order valence-electron chi connectivity index (χ4n) is 3.42. The molecule has 0 bridgehead atoms. The molecule has 0 aliphatic carbocycles. The Labute approximate surface area is 155 Å². The summed E-state index contributed by atoms with van der Waals surface area (Å²) >= 11 is 0. The maximum Gasteiger partial charge on any atom is 0.174 e. The second-order valence-corrected chi connectivity index (χ2v) is 6.96. The van der Waals surface area contributed by atoms with Crippen LogP contribution in [-0.4, -0.2) is 10.9 Å². The van der Waals surface area contributed by atoms with Crippen LogP contribution in [0.1, 0.15) is 58.3 Å². The number of Topliss-reactive ketones (excluding diaryl/α,β-unsaturated/α-hetero) is 1. The lowest BCUT2D eigenvalue weighted by Gasteiger charge is -2.23. The summed E-state index contributed by atoms with van der Waals surface area (Å²) in [5, 5.41) is 11.0. The van der Waals surface area contributed by atoms with Crippen LogP contribution in [-0.2, 0) is 0 Å². The first-order valence-electron chi connectivity index (χ1n) is 8.97. The minimum Gasteiger partial charge on any atom is -0.507 e. The van der Waals surface area contributed by atoms with Gasteiger partial charge in [0, 0.05) is 11.1 Å². The predicted molar refractivity (Wildman–Crippen MR) is 106 cm³/mol. The van der Waals surface area contributed by atoms with Gasteiger partial charge in [0.15, 0.2) is 5.78 Å². The van der Waals surface area contributed by atoms with Crippen molar-refractivity contribution in [3.05, 3.63) is 101 Å². The number of carbonyl (C=O) groups excluding carboxylic acids is 1. The molecule has 3 aromatic rings. The largest absolute Gasteiger partial charge is 0.507 e. The number of ketones is 1. The van der Waals surface area contributed by atoms with Gasteiger partial charge >= 0.3 is 0 Å². The van der Waals surface area contributed by atoms with Crippen LogP contribution in [0.15, 0.2) is 72.8 Å². The number of hydrogen-bond acceptors (Lipinski definition) is 2. The molecule has 0 amide bonds. The molecule has 2 nitrogen and oxygen atoms in total. The molecule has 1 N–H and O–H groups in total. The Morgan fingerprint density at radius 1 is 0.846 bits per heavy atom. The van der Waals surface area contributed by atoms with Crippen molar-refractivity contribution >= 4 is 5.78 Å². The molecule has 2 heteroatoms. The maximum atomic E-state index is 13.4. The summed E-state index contributed by atoms with van der Waals surface area (Å²) in [6, 6.07) is 22.9. The molecular formula is C24H24O2. The van der Waals surface area contributed by atoms with E-state index in [-0.39, 0.29) is 17.5 Å². The van der Waals surface area contributed by atoms with Gasteiger partial charge in [0.1, 0.15) is 5.75 Å². The number of benzene rings is 3. The van der Waals surface area contributed by atoms with Gasteiger partial charge in [-0.2, -0.15) is 0 Å². The average molecular weight is 344 g/mol. The number of hydrogen-bond donors (Lipinski definition) is 1. The SMILES string of the molecule is Cc1ccc(C(C)C)c(O)c1C(C(=O)c1ccccc1)c1ccccc1. The van der Waals surface area contributed by atoms with Crippen LogP contribution in [0, 0.1) is 6.92 Å². The molecule has 1 unspecified atom stereocenters. The molecular weight excluding hydrogens is 320 g/mol. The van der Waals surface area contributed by atoms with Crippen molar-refractivity contribution in [2.45, 2.75) is 32.6 Å². The summed E-state index contributed by atoms with van der Waals surface area (Å²) in [5.74, 6) is -0.121. The van der Waals surface area contributed by atoms with Gasteiger partial charge in [0.25, 0.3) is 0 Å². The first-order chi connectivity index (χ1) is 12.5. The molecule has 0 aromatic heterocycles. The lowest BCUT2D eigenvalue weighted by atomic mass is 9.80. The summed E-state index contributed by atoms with van der Waals surface area (Å²) in [7, 11) is 0. The van der Waals surface area contributed by atoms with E-state index < -0.39 is 5.92 Å². The Balaban J connectivity index is 2.23. The van der Waals surface area contributed by atoms with Crippen molar-refractivity contribution in [2.24, 2.45) is 0 Å². The van der Waals surface area contributed by atoms with Gasteiger partial charge in [0.05, 0.1) is 5.92 Å². The van der Waals surface area contributed by atoms with Crippen LogP contribution in [0.3, 0.4) is 0 Å². The molecule has 132 valence electrons. The zero-order valence-corrected chi connectivity index (χ0v) is 15.4. The van der Waals surface area contributed by atoms with Crippen molar-refractivity contribution in [1.82, 2.24) is 0 Å². The fraction of sp³-hybridized carbons (Fsp3) is 0.208. The van der Waals surface area contributed by atoms with Crippen molar-refractivity contribution < 1.29 is 9.90 Å². The maximum absolute atomic E-state index is 13.4. The third kappa shape index (κ3) is 3.41. The van der Waals surface area contributed by atoms with Crippen LogP contribution in [0.25, 0.3) is 0 Å². The molecule has 0 saturated carbocycles. The van der Waals surface area contributed by atoms with Crippen molar-refractivity contribution in [1.29, 1.82) is 0 Å². The van der Waals surface area contributed by atoms with E-state index in [9.17, 15) is 9.90 Å². The molecule has 1 atom stereocenters. The van der Waals surface area contributed by atoms with Crippen LogP contribution in [0.5, 0.6) is 5.75 Å². The minimum atomic E-state index is -0.530. The van der Waals surface area contributed by atoms with Gasteiger partial charge in [0.2, 0.25) is 0 Å². The van der Waals surface area contributed by atoms with Gasteiger partial charge in [-0.15, -0.1) is 0 Å². The zero-order chi connectivity index (χ0) is 18.7. The number of phenols is 1. The van der Waals surface area contributed by atoms with E-state index >= 15 is 0 Å². The zero-order valence-electron chi connectivity index (χ0n) is 15.4. The topological polar surface area (TPSA) is 37.3 Å². The monoisotopic (exact) mass is 344 g/mol. The third-order valence-corrected chi connectivity index (χ3v) is 4.83. The molecule has 3 rings (SSSR count). The molecule has 0 radical (unpaired) electrons. The molecule has 0 saturated heterocycles.